The van der Waals surface area contributed by atoms with Crippen LogP contribution in [0.15, 0.2) is 42.5 Å². The lowest BCUT2D eigenvalue weighted by Crippen LogP contribution is -2.60. The van der Waals surface area contributed by atoms with Gasteiger partial charge in [0.1, 0.15) is 17.1 Å². The SMILES string of the molecule is CCC(C)[C@@H](CNC(=O)N1CCOCC1)CC(=O)[C@@]1(NC(=O)[C@@H](CC(=O)Cc2ccccc2F)C(C)CC)CCc2[nH]c3c(C(F)(F)F)cccc3c2C1. The fourth-order valence-corrected chi connectivity index (χ4v) is 7.80. The van der Waals surface area contributed by atoms with E-state index in [1.807, 2.05) is 27.7 Å². The number of ether oxygens (including phenoxy) is 1. The maximum atomic E-state index is 14.8. The predicted octanol–water partition coefficient (Wildman–Crippen LogP) is 7.20. The maximum absolute atomic E-state index is 14.8. The molecule has 5 rings (SSSR count). The molecule has 0 bridgehead atoms. The molecule has 1 aliphatic heterocycles. The molecule has 54 heavy (non-hydrogen) atoms. The summed E-state index contributed by atoms with van der Waals surface area (Å²) in [6.45, 7) is 9.75. The number of nitrogens with one attached hydrogen (secondary N) is 3. The lowest BCUT2D eigenvalue weighted by molar-refractivity contribution is -0.137. The molecule has 1 aromatic heterocycles. The predicted molar refractivity (Wildman–Crippen MR) is 197 cm³/mol. The van der Waals surface area contributed by atoms with Crippen molar-refractivity contribution in [1.29, 1.82) is 0 Å². The molecule has 1 aliphatic carbocycles. The van der Waals surface area contributed by atoms with E-state index in [9.17, 15) is 36.7 Å². The van der Waals surface area contributed by atoms with Crippen LogP contribution in [0.3, 0.4) is 0 Å². The zero-order valence-corrected chi connectivity index (χ0v) is 31.5. The Labute approximate surface area is 314 Å². The molecule has 294 valence electrons. The molecule has 1 saturated heterocycles. The van der Waals surface area contributed by atoms with Crippen molar-refractivity contribution in [3.63, 3.8) is 0 Å². The van der Waals surface area contributed by atoms with E-state index in [-0.39, 0.29) is 91.5 Å². The zero-order chi connectivity index (χ0) is 39.2. The quantitative estimate of drug-likeness (QED) is 0.142. The maximum Gasteiger partial charge on any atom is 0.418 e. The minimum absolute atomic E-state index is 0.00435. The summed E-state index contributed by atoms with van der Waals surface area (Å²) in [5, 5.41) is 6.41. The Bertz CT molecular complexity index is 1820. The number of amides is 3. The largest absolute Gasteiger partial charge is 0.418 e. The van der Waals surface area contributed by atoms with Crippen LogP contribution in [0.5, 0.6) is 0 Å². The molecule has 13 heteroatoms. The molecule has 1 fully saturated rings. The molecule has 2 aromatic carbocycles. The van der Waals surface area contributed by atoms with Gasteiger partial charge in [0, 0.05) is 62.3 Å². The van der Waals surface area contributed by atoms with E-state index in [0.29, 0.717) is 49.4 Å². The van der Waals surface area contributed by atoms with E-state index in [1.165, 1.54) is 24.3 Å². The molecule has 3 aromatic rings. The first-order valence-corrected chi connectivity index (χ1v) is 19.1. The number of hydrogen-bond acceptors (Lipinski definition) is 5. The summed E-state index contributed by atoms with van der Waals surface area (Å²) in [5.41, 5.74) is -1.03. The van der Waals surface area contributed by atoms with Gasteiger partial charge in [0.2, 0.25) is 5.91 Å². The fraction of sp³-hybridized carbons (Fsp3) is 0.561. The average Bonchev–Trinajstić information content (AvgIpc) is 3.53. The number of nitrogens with zero attached hydrogens (tertiary/aromatic N) is 1. The second-order valence-corrected chi connectivity index (χ2v) is 15.1. The lowest BCUT2D eigenvalue weighted by atomic mass is 9.72. The highest BCUT2D eigenvalue weighted by atomic mass is 19.4. The zero-order valence-electron chi connectivity index (χ0n) is 31.5. The van der Waals surface area contributed by atoms with E-state index in [0.717, 1.165) is 12.5 Å². The second-order valence-electron chi connectivity index (χ2n) is 15.1. The number of ketones is 2. The Hall–Kier alpha value is -4.26. The van der Waals surface area contributed by atoms with Gasteiger partial charge in [0.15, 0.2) is 5.78 Å². The number of morpholine rings is 1. The molecular formula is C41H52F4N4O5. The highest BCUT2D eigenvalue weighted by Crippen LogP contribution is 2.41. The van der Waals surface area contributed by atoms with Crippen LogP contribution < -0.4 is 10.6 Å². The Balaban J connectivity index is 1.46. The monoisotopic (exact) mass is 756 g/mol. The second kappa shape index (κ2) is 17.5. The number of Topliss-reactive ketones (excluding diaryl/α,β-unsaturated/α-hetero) is 2. The molecule has 0 saturated carbocycles. The van der Waals surface area contributed by atoms with Gasteiger partial charge in [-0.2, -0.15) is 13.2 Å². The average molecular weight is 757 g/mol. The van der Waals surface area contributed by atoms with E-state index < -0.39 is 34.9 Å². The van der Waals surface area contributed by atoms with Gasteiger partial charge < -0.3 is 25.3 Å². The van der Waals surface area contributed by atoms with Gasteiger partial charge in [-0.05, 0) is 53.9 Å². The summed E-state index contributed by atoms with van der Waals surface area (Å²) < 4.78 is 62.0. The minimum Gasteiger partial charge on any atom is -0.378 e. The first kappa shape index (κ1) is 40.9. The molecule has 2 unspecified atom stereocenters. The molecule has 2 aliphatic rings. The van der Waals surface area contributed by atoms with Crippen molar-refractivity contribution in [2.75, 3.05) is 32.8 Å². The van der Waals surface area contributed by atoms with E-state index in [1.54, 1.807) is 17.0 Å². The number of para-hydroxylation sites is 1. The number of aromatic nitrogens is 1. The van der Waals surface area contributed by atoms with Crippen molar-refractivity contribution in [3.05, 3.63) is 70.7 Å². The number of benzene rings is 2. The molecule has 3 amide bonds. The summed E-state index contributed by atoms with van der Waals surface area (Å²) >= 11 is 0. The van der Waals surface area contributed by atoms with Gasteiger partial charge in [0.25, 0.3) is 0 Å². The van der Waals surface area contributed by atoms with Crippen LogP contribution in [0, 0.1) is 29.5 Å². The van der Waals surface area contributed by atoms with Crippen molar-refractivity contribution in [1.82, 2.24) is 20.5 Å². The van der Waals surface area contributed by atoms with Crippen LogP contribution in [0.4, 0.5) is 22.4 Å². The number of alkyl halides is 3. The van der Waals surface area contributed by atoms with Crippen molar-refractivity contribution >= 4 is 34.4 Å². The van der Waals surface area contributed by atoms with E-state index in [2.05, 4.69) is 15.6 Å². The molecule has 9 nitrogen and oxygen atoms in total. The van der Waals surface area contributed by atoms with Crippen molar-refractivity contribution in [2.24, 2.45) is 23.7 Å². The summed E-state index contributed by atoms with van der Waals surface area (Å²) in [7, 11) is 0. The van der Waals surface area contributed by atoms with Gasteiger partial charge in [-0.15, -0.1) is 0 Å². The first-order chi connectivity index (χ1) is 25.7. The third-order valence-corrected chi connectivity index (χ3v) is 11.7. The summed E-state index contributed by atoms with van der Waals surface area (Å²) in [6, 6.07) is 9.67. The van der Waals surface area contributed by atoms with Gasteiger partial charge in [-0.3, -0.25) is 14.4 Å². The number of H-pyrrole nitrogens is 1. The van der Waals surface area contributed by atoms with Crippen LogP contribution in [0.25, 0.3) is 10.9 Å². The van der Waals surface area contributed by atoms with Crippen molar-refractivity contribution < 1.29 is 41.5 Å². The standard InChI is InChI=1S/C41H52F4N4O5/c1-5-25(3)28(24-46-39(53)49-16-18-54-19-17-49)21-36(51)40(15-14-35-32(23-40)30-11-9-12-33(37(30)47-35)41(43,44)45)48-38(52)31(26(4)6-2)22-29(50)20-27-10-7-8-13-34(27)42/h7-13,25-26,28,31,47H,5-6,14-24H2,1-4H3,(H,46,53)(H,48,52)/t25?,26?,28-,31+,40-/m1/s1. The van der Waals surface area contributed by atoms with Gasteiger partial charge >= 0.3 is 12.2 Å². The van der Waals surface area contributed by atoms with Crippen LogP contribution in [-0.4, -0.2) is 71.8 Å². The molecule has 3 N–H and O–H groups in total. The van der Waals surface area contributed by atoms with Crippen LogP contribution in [-0.2, 0) is 44.6 Å². The number of rotatable bonds is 15. The lowest BCUT2D eigenvalue weighted by Gasteiger charge is -2.40. The minimum atomic E-state index is -4.61. The molecule has 0 radical (unpaired) electrons. The molecule has 2 heterocycles. The number of aryl methyl sites for hydroxylation is 1. The number of aromatic amines is 1. The van der Waals surface area contributed by atoms with E-state index >= 15 is 0 Å². The summed E-state index contributed by atoms with van der Waals surface area (Å²) in [4.78, 5) is 60.2. The van der Waals surface area contributed by atoms with Crippen LogP contribution >= 0.6 is 0 Å². The first-order valence-electron chi connectivity index (χ1n) is 19.1. The Morgan fingerprint density at radius 2 is 1.67 bits per heavy atom. The van der Waals surface area contributed by atoms with Crippen molar-refractivity contribution in [2.45, 2.75) is 90.8 Å². The van der Waals surface area contributed by atoms with Crippen molar-refractivity contribution in [3.8, 4) is 0 Å². The van der Waals surface area contributed by atoms with Gasteiger partial charge in [0.05, 0.1) is 24.3 Å². The van der Waals surface area contributed by atoms with Crippen LogP contribution in [0.2, 0.25) is 0 Å². The topological polar surface area (TPSA) is 121 Å². The normalized spacial score (nSPS) is 19.7. The third kappa shape index (κ3) is 9.33. The van der Waals surface area contributed by atoms with E-state index in [4.69, 9.17) is 4.74 Å². The van der Waals surface area contributed by atoms with Crippen LogP contribution in [0.1, 0.15) is 82.2 Å². The molecule has 0 spiro atoms. The number of urea groups is 1. The summed E-state index contributed by atoms with van der Waals surface area (Å²) in [6.07, 6.45) is -3.41. The molecular weight excluding hydrogens is 704 g/mol. The Morgan fingerprint density at radius 1 is 0.963 bits per heavy atom. The number of carbonyl (C=O) groups is 4. The van der Waals surface area contributed by atoms with Gasteiger partial charge in [-0.1, -0.05) is 70.9 Å². The number of hydrogen-bond donors (Lipinski definition) is 3. The third-order valence-electron chi connectivity index (χ3n) is 11.7. The Kier molecular flexibility index (Phi) is 13.2. The molecule has 5 atom stereocenters. The number of halogens is 4. The number of fused-ring (bicyclic) bond motifs is 3. The van der Waals surface area contributed by atoms with Gasteiger partial charge in [-0.25, -0.2) is 9.18 Å². The summed E-state index contributed by atoms with van der Waals surface area (Å²) in [5.74, 6) is -3.01. The number of carbonyl (C=O) groups excluding carboxylic acids is 4. The Morgan fingerprint density at radius 3 is 2.33 bits per heavy atom. The highest BCUT2D eigenvalue weighted by Gasteiger charge is 2.46. The smallest absolute Gasteiger partial charge is 0.378 e. The highest BCUT2D eigenvalue weighted by molar-refractivity contribution is 5.97. The fourth-order valence-electron chi connectivity index (χ4n) is 7.80.